The van der Waals surface area contributed by atoms with Gasteiger partial charge in [-0.2, -0.15) is 0 Å². The van der Waals surface area contributed by atoms with Crippen LogP contribution in [0.3, 0.4) is 0 Å². The summed E-state index contributed by atoms with van der Waals surface area (Å²) in [4.78, 5) is 0. The Kier molecular flexibility index (Phi) is 106. The molecule has 4 heavy (non-hydrogen) atoms. The van der Waals surface area contributed by atoms with Gasteiger partial charge in [0, 0.05) is 0 Å². The fourth-order valence-corrected chi connectivity index (χ4v) is 0. The van der Waals surface area contributed by atoms with Gasteiger partial charge < -0.3 is 7.13 Å². The van der Waals surface area contributed by atoms with Crippen LogP contribution in [-0.2, 0) is 0 Å². The first kappa shape index (κ1) is 26.3. The van der Waals surface area contributed by atoms with E-state index in [0.29, 0.717) is 0 Å². The Balaban J connectivity index is 0. The van der Waals surface area contributed by atoms with Crippen LogP contribution in [0.1, 0.15) is 7.13 Å². The minimum absolute atomic E-state index is 0. The molecular formula is H8AlLiMgSr. The summed E-state index contributed by atoms with van der Waals surface area (Å²) in [7, 11) is 0. The van der Waals surface area contributed by atoms with Gasteiger partial charge in [-0.05, 0) is 0 Å². The van der Waals surface area contributed by atoms with Crippen LogP contribution in [0, 0.1) is 0 Å². The SMILES string of the molecule is [AlH3].[H-].[H-].[H-].[H-].[H-].[Li+].[Mg+2].[Sr+2]. The number of hydrogen-bond donors (Lipinski definition) is 0. The first-order chi connectivity index (χ1) is 0. The Morgan fingerprint density at radius 2 is 1.25 bits per heavy atom. The summed E-state index contributed by atoms with van der Waals surface area (Å²) >= 11 is 0. The Bertz CT molecular complexity index is 16.9. The van der Waals surface area contributed by atoms with Crippen molar-refractivity contribution in [1.82, 2.24) is 0 Å². The summed E-state index contributed by atoms with van der Waals surface area (Å²) in [5.74, 6) is 0. The molecule has 0 spiro atoms. The van der Waals surface area contributed by atoms with Crippen LogP contribution in [0.15, 0.2) is 0 Å². The fraction of sp³-hybridized carbons (Fsp3) is 0. The second-order valence-corrected chi connectivity index (χ2v) is 0. The minimum Gasteiger partial charge on any atom is -1.00 e. The molecule has 0 aromatic rings. The first-order valence-corrected chi connectivity index (χ1v) is 0. The van der Waals surface area contributed by atoms with Crippen molar-refractivity contribution in [3.05, 3.63) is 0 Å². The summed E-state index contributed by atoms with van der Waals surface area (Å²) in [5, 5.41) is 0. The molecule has 0 aliphatic heterocycles. The monoisotopic (exact) mass is 154 g/mol. The van der Waals surface area contributed by atoms with Crippen molar-refractivity contribution in [2.75, 3.05) is 0 Å². The van der Waals surface area contributed by atoms with Crippen molar-refractivity contribution >= 4 is 85.9 Å². The molecule has 0 saturated heterocycles. The predicted molar refractivity (Wildman–Crippen MR) is 27.0 cm³/mol. The zero-order valence-corrected chi connectivity index (χ0v) is 7.30. The van der Waals surface area contributed by atoms with E-state index in [1.165, 1.54) is 0 Å². The number of hydrogen-bond acceptors (Lipinski definition) is 0. The molecule has 0 radical (unpaired) electrons. The van der Waals surface area contributed by atoms with E-state index in [4.69, 9.17) is 0 Å². The van der Waals surface area contributed by atoms with E-state index in [1.807, 2.05) is 0 Å². The molecule has 0 saturated carbocycles. The molecule has 0 unspecified atom stereocenters. The van der Waals surface area contributed by atoms with E-state index in [9.17, 15) is 0 Å². The number of rotatable bonds is 0. The van der Waals surface area contributed by atoms with Crippen molar-refractivity contribution in [3.8, 4) is 0 Å². The average Bonchev–Trinajstić information content (AvgIpc) is 0. The summed E-state index contributed by atoms with van der Waals surface area (Å²) in [5.41, 5.74) is 0. The summed E-state index contributed by atoms with van der Waals surface area (Å²) in [6.07, 6.45) is 0. The van der Waals surface area contributed by atoms with Gasteiger partial charge in [-0.1, -0.05) is 0 Å². The largest absolute Gasteiger partial charge is 2.00 e. The van der Waals surface area contributed by atoms with Gasteiger partial charge in [0.1, 0.15) is 0 Å². The molecule has 16 valence electrons. The zero-order chi connectivity index (χ0) is 0. The van der Waals surface area contributed by atoms with Gasteiger partial charge in [0.15, 0.2) is 17.4 Å². The molecule has 4 heteroatoms. The molecular weight excluding hydrogens is 146 g/mol. The third-order valence-corrected chi connectivity index (χ3v) is 0. The van der Waals surface area contributed by atoms with E-state index < -0.39 is 0 Å². The molecule has 0 aromatic carbocycles. The molecule has 0 heterocycles. The van der Waals surface area contributed by atoms with E-state index in [2.05, 4.69) is 0 Å². The normalized spacial score (nSPS) is 0. The van der Waals surface area contributed by atoms with Crippen LogP contribution in [0.25, 0.3) is 0 Å². The Morgan fingerprint density at radius 3 is 1.25 bits per heavy atom. The maximum absolute atomic E-state index is 0. The molecule has 0 nitrogen and oxygen atoms in total. The van der Waals surface area contributed by atoms with E-state index in [0.717, 1.165) is 0 Å². The molecule has 0 aromatic heterocycles. The van der Waals surface area contributed by atoms with Gasteiger partial charge >= 0.3 is 87.4 Å². The summed E-state index contributed by atoms with van der Waals surface area (Å²) < 4.78 is 0. The zero-order valence-electron chi connectivity index (χ0n) is 7.41. The minimum atomic E-state index is 0. The Hall–Kier alpha value is 3.38. The molecule has 0 amide bonds. The van der Waals surface area contributed by atoms with Crippen LogP contribution >= 0.6 is 0 Å². The maximum Gasteiger partial charge on any atom is 2.00 e. The summed E-state index contributed by atoms with van der Waals surface area (Å²) in [6, 6.07) is 0. The Morgan fingerprint density at radius 1 is 1.25 bits per heavy atom. The van der Waals surface area contributed by atoms with Gasteiger partial charge in [0.25, 0.3) is 0 Å². The van der Waals surface area contributed by atoms with Crippen LogP contribution in [0.4, 0.5) is 0 Å². The third kappa shape index (κ3) is 9.03. The molecule has 0 aliphatic rings. The summed E-state index contributed by atoms with van der Waals surface area (Å²) in [6.45, 7) is 0. The molecule has 0 fully saturated rings. The third-order valence-electron chi connectivity index (χ3n) is 0. The molecule has 0 rings (SSSR count). The van der Waals surface area contributed by atoms with Gasteiger partial charge in [-0.3, -0.25) is 0 Å². The van der Waals surface area contributed by atoms with Crippen LogP contribution in [0.2, 0.25) is 0 Å². The molecule has 0 aliphatic carbocycles. The van der Waals surface area contributed by atoms with Crippen molar-refractivity contribution in [1.29, 1.82) is 0 Å². The van der Waals surface area contributed by atoms with Crippen LogP contribution in [0.5, 0.6) is 0 Å². The van der Waals surface area contributed by atoms with Crippen molar-refractivity contribution in [3.63, 3.8) is 0 Å². The molecule has 0 bridgehead atoms. The van der Waals surface area contributed by atoms with Gasteiger partial charge in [0.05, 0.1) is 0 Å². The standard InChI is InChI=1S/Al.Li.Mg.Sr.8H/q;+1;2*+2;;;;5*-1. The average molecular weight is 154 g/mol. The van der Waals surface area contributed by atoms with Crippen molar-refractivity contribution in [2.24, 2.45) is 0 Å². The van der Waals surface area contributed by atoms with Gasteiger partial charge in [-0.15, -0.1) is 0 Å². The molecule has 0 N–H and O–H groups in total. The van der Waals surface area contributed by atoms with E-state index >= 15 is 0 Å². The van der Waals surface area contributed by atoms with Crippen molar-refractivity contribution in [2.45, 2.75) is 0 Å². The van der Waals surface area contributed by atoms with Gasteiger partial charge in [0.2, 0.25) is 0 Å². The maximum atomic E-state index is 0. The quantitative estimate of drug-likeness (QED) is 0.309. The van der Waals surface area contributed by atoms with E-state index in [-0.39, 0.29) is 112 Å². The molecule has 0 atom stereocenters. The Labute approximate surface area is 110 Å². The van der Waals surface area contributed by atoms with Crippen LogP contribution < -0.4 is 18.9 Å². The van der Waals surface area contributed by atoms with Gasteiger partial charge in [-0.25, -0.2) is 0 Å². The predicted octanol–water partition coefficient (Wildman–Crippen LogP) is -4.38. The van der Waals surface area contributed by atoms with Crippen LogP contribution in [-0.4, -0.2) is 85.9 Å². The fourth-order valence-electron chi connectivity index (χ4n) is 0. The second-order valence-electron chi connectivity index (χ2n) is 0. The van der Waals surface area contributed by atoms with E-state index in [1.54, 1.807) is 0 Å². The topological polar surface area (TPSA) is 0 Å². The first-order valence-electron chi connectivity index (χ1n) is 0. The van der Waals surface area contributed by atoms with Crippen molar-refractivity contribution < 1.29 is 26.0 Å². The second kappa shape index (κ2) is 16.2. The smallest absolute Gasteiger partial charge is 1.00 e.